The van der Waals surface area contributed by atoms with Crippen molar-refractivity contribution in [2.24, 2.45) is 0 Å². The Morgan fingerprint density at radius 2 is 0.906 bits per heavy atom. The first-order valence-corrected chi connectivity index (χ1v) is 17.6. The molecule has 8 heteroatoms. The Balaban J connectivity index is 1.56. The Labute approximate surface area is 309 Å². The quantitative estimate of drug-likeness (QED) is 0.0726. The molecule has 0 saturated heterocycles. The van der Waals surface area contributed by atoms with Crippen molar-refractivity contribution in [1.82, 2.24) is 9.97 Å². The van der Waals surface area contributed by atoms with Crippen molar-refractivity contribution < 1.29 is 28.4 Å². The molecule has 0 saturated carbocycles. The zero-order valence-corrected chi connectivity index (χ0v) is 30.2. The summed E-state index contributed by atoms with van der Waals surface area (Å²) in [6.07, 6.45) is 7.33. The van der Waals surface area contributed by atoms with Gasteiger partial charge in [0, 0.05) is 62.8 Å². The second-order valence-corrected chi connectivity index (χ2v) is 12.4. The minimum Gasteiger partial charge on any atom is -0.486 e. The van der Waals surface area contributed by atoms with Gasteiger partial charge in [-0.25, -0.2) is 0 Å². The normalized spacial score (nSPS) is 11.2. The lowest BCUT2D eigenvalue weighted by Crippen LogP contribution is -2.13. The van der Waals surface area contributed by atoms with Crippen molar-refractivity contribution in [3.05, 3.63) is 128 Å². The monoisotopic (exact) mass is 706 g/mol. The molecule has 8 nitrogen and oxygen atoms in total. The van der Waals surface area contributed by atoms with Gasteiger partial charge >= 0.3 is 0 Å². The fourth-order valence-electron chi connectivity index (χ4n) is 6.75. The van der Waals surface area contributed by atoms with Crippen LogP contribution in [0.15, 0.2) is 128 Å². The summed E-state index contributed by atoms with van der Waals surface area (Å²) in [5.74, 6) is 1.61. The molecule has 0 spiro atoms. The molecular weight excluding hydrogens is 665 g/mol. The zero-order valence-electron chi connectivity index (χ0n) is 30.2. The summed E-state index contributed by atoms with van der Waals surface area (Å²) in [7, 11) is 4.98. The van der Waals surface area contributed by atoms with Crippen molar-refractivity contribution in [3.63, 3.8) is 0 Å². The molecule has 0 bridgehead atoms. The molecule has 0 aliphatic carbocycles. The average molecular weight is 707 g/mol. The molecule has 2 heterocycles. The molecule has 268 valence electrons. The minimum atomic E-state index is 0.281. The number of ether oxygens (including phenoxy) is 6. The average Bonchev–Trinajstić information content (AvgIpc) is 3.21. The molecule has 0 N–H and O–H groups in total. The van der Waals surface area contributed by atoms with Gasteiger partial charge < -0.3 is 28.4 Å². The Hall–Kier alpha value is -5.80. The molecule has 0 fully saturated rings. The molecule has 7 rings (SSSR count). The first kappa shape index (κ1) is 35.6. The first-order valence-electron chi connectivity index (χ1n) is 17.6. The van der Waals surface area contributed by atoms with E-state index in [1.165, 1.54) is 0 Å². The van der Waals surface area contributed by atoms with Crippen LogP contribution >= 0.6 is 0 Å². The molecule has 0 radical (unpaired) electrons. The standard InChI is InChI=1S/C45H42N2O6/c1-48-23-26-51-43-39(32-16-14-31(15-17-32)34-9-8-20-47-30-34)29-40(44(52-27-24-49-2)45(43)53-28-25-50-3)42-37-12-6-4-10-35(37)41(33-18-21-46-22-19-33)36-11-5-7-13-38(36)42/h4-22,29-30H,23-28H2,1-3H3. The molecule has 0 atom stereocenters. The first-order chi connectivity index (χ1) is 26.2. The summed E-state index contributed by atoms with van der Waals surface area (Å²) >= 11 is 0. The molecule has 2 aromatic heterocycles. The van der Waals surface area contributed by atoms with Crippen molar-refractivity contribution in [2.45, 2.75) is 0 Å². The smallest absolute Gasteiger partial charge is 0.204 e. The number of fused-ring (bicyclic) bond motifs is 2. The van der Waals surface area contributed by atoms with E-state index in [-0.39, 0.29) is 6.61 Å². The van der Waals surface area contributed by atoms with Crippen LogP contribution in [-0.2, 0) is 14.2 Å². The van der Waals surface area contributed by atoms with E-state index in [1.54, 1.807) is 27.5 Å². The predicted molar refractivity (Wildman–Crippen MR) is 211 cm³/mol. The molecule has 0 aliphatic heterocycles. The van der Waals surface area contributed by atoms with Gasteiger partial charge in [0.25, 0.3) is 0 Å². The summed E-state index contributed by atoms with van der Waals surface area (Å²) in [4.78, 5) is 8.63. The lowest BCUT2D eigenvalue weighted by Gasteiger charge is -2.25. The molecule has 7 aromatic rings. The van der Waals surface area contributed by atoms with Crippen molar-refractivity contribution in [2.75, 3.05) is 61.0 Å². The number of pyridine rings is 2. The van der Waals surface area contributed by atoms with E-state index in [4.69, 9.17) is 28.4 Å². The van der Waals surface area contributed by atoms with Gasteiger partial charge in [-0.05, 0) is 73.6 Å². The summed E-state index contributed by atoms with van der Waals surface area (Å²) in [5.41, 5.74) is 8.03. The molecule has 5 aromatic carbocycles. The van der Waals surface area contributed by atoms with Crippen LogP contribution < -0.4 is 14.2 Å². The lowest BCUT2D eigenvalue weighted by atomic mass is 9.85. The largest absolute Gasteiger partial charge is 0.486 e. The Kier molecular flexibility index (Phi) is 11.5. The van der Waals surface area contributed by atoms with Gasteiger partial charge in [-0.1, -0.05) is 78.9 Å². The van der Waals surface area contributed by atoms with Crippen molar-refractivity contribution in [3.8, 4) is 61.8 Å². The summed E-state index contributed by atoms with van der Waals surface area (Å²) in [6.45, 7) is 2.04. The van der Waals surface area contributed by atoms with E-state index >= 15 is 0 Å². The van der Waals surface area contributed by atoms with Crippen LogP contribution in [0.2, 0.25) is 0 Å². The van der Waals surface area contributed by atoms with Crippen LogP contribution in [0.25, 0.3) is 66.1 Å². The molecule has 0 amide bonds. The third-order valence-electron chi connectivity index (χ3n) is 9.15. The van der Waals surface area contributed by atoms with Crippen LogP contribution in [0.5, 0.6) is 17.2 Å². The van der Waals surface area contributed by atoms with Gasteiger partial charge in [0.2, 0.25) is 5.75 Å². The Morgan fingerprint density at radius 1 is 0.396 bits per heavy atom. The van der Waals surface area contributed by atoms with Crippen LogP contribution in [0, 0.1) is 0 Å². The number of methoxy groups -OCH3 is 3. The molecule has 53 heavy (non-hydrogen) atoms. The number of nitrogens with zero attached hydrogens (tertiary/aromatic N) is 2. The predicted octanol–water partition coefficient (Wildman–Crippen LogP) is 9.53. The van der Waals surface area contributed by atoms with E-state index in [9.17, 15) is 0 Å². The van der Waals surface area contributed by atoms with Gasteiger partial charge in [-0.2, -0.15) is 0 Å². The number of benzene rings is 5. The van der Waals surface area contributed by atoms with Crippen LogP contribution in [-0.4, -0.2) is 70.9 Å². The van der Waals surface area contributed by atoms with Gasteiger partial charge in [0.15, 0.2) is 11.5 Å². The van der Waals surface area contributed by atoms with Gasteiger partial charge in [0.1, 0.15) is 19.8 Å². The van der Waals surface area contributed by atoms with Gasteiger partial charge in [-0.15, -0.1) is 0 Å². The van der Waals surface area contributed by atoms with Crippen LogP contribution in [0.1, 0.15) is 0 Å². The van der Waals surface area contributed by atoms with E-state index in [1.807, 2.05) is 24.7 Å². The van der Waals surface area contributed by atoms with Crippen LogP contribution in [0.4, 0.5) is 0 Å². The fourth-order valence-corrected chi connectivity index (χ4v) is 6.75. The highest BCUT2D eigenvalue weighted by molar-refractivity contribution is 6.22. The molecular formula is C45H42N2O6. The van der Waals surface area contributed by atoms with Gasteiger partial charge in [0.05, 0.1) is 19.8 Å². The number of rotatable bonds is 16. The highest BCUT2D eigenvalue weighted by Crippen LogP contribution is 2.54. The topological polar surface area (TPSA) is 81.2 Å². The Bertz CT molecular complexity index is 2220. The highest BCUT2D eigenvalue weighted by Gasteiger charge is 2.27. The second kappa shape index (κ2) is 17.1. The highest BCUT2D eigenvalue weighted by atomic mass is 16.6. The minimum absolute atomic E-state index is 0.281. The summed E-state index contributed by atoms with van der Waals surface area (Å²) in [5, 5.41) is 4.37. The summed E-state index contributed by atoms with van der Waals surface area (Å²) in [6, 6.07) is 35.8. The van der Waals surface area contributed by atoms with E-state index in [0.29, 0.717) is 50.3 Å². The van der Waals surface area contributed by atoms with E-state index in [2.05, 4.69) is 107 Å². The van der Waals surface area contributed by atoms with Crippen molar-refractivity contribution >= 4 is 21.5 Å². The third kappa shape index (κ3) is 7.57. The van der Waals surface area contributed by atoms with E-state index < -0.39 is 0 Å². The van der Waals surface area contributed by atoms with Crippen molar-refractivity contribution in [1.29, 1.82) is 0 Å². The lowest BCUT2D eigenvalue weighted by molar-refractivity contribution is 0.124. The van der Waals surface area contributed by atoms with Crippen LogP contribution in [0.3, 0.4) is 0 Å². The zero-order chi connectivity index (χ0) is 36.4. The second-order valence-electron chi connectivity index (χ2n) is 12.4. The number of hydrogen-bond acceptors (Lipinski definition) is 8. The maximum absolute atomic E-state index is 6.70. The number of aromatic nitrogens is 2. The fraction of sp³-hybridized carbons (Fsp3) is 0.200. The number of hydrogen-bond donors (Lipinski definition) is 0. The van der Waals surface area contributed by atoms with E-state index in [0.717, 1.165) is 66.1 Å². The Morgan fingerprint density at radius 3 is 1.43 bits per heavy atom. The molecule has 0 unspecified atom stereocenters. The third-order valence-corrected chi connectivity index (χ3v) is 9.15. The maximum atomic E-state index is 6.70. The SMILES string of the molecule is COCCOc1c(-c2ccc(-c3cccnc3)cc2)cc(-c2c3ccccc3c(-c3ccncc3)c3ccccc23)c(OCCOC)c1OCCOC. The molecule has 0 aliphatic rings. The summed E-state index contributed by atoms with van der Waals surface area (Å²) < 4.78 is 36.2. The van der Waals surface area contributed by atoms with Gasteiger partial charge in [-0.3, -0.25) is 9.97 Å². The maximum Gasteiger partial charge on any atom is 0.204 e.